The van der Waals surface area contributed by atoms with Gasteiger partial charge in [0, 0.05) is 50.3 Å². The summed E-state index contributed by atoms with van der Waals surface area (Å²) in [6, 6.07) is 0. The highest BCUT2D eigenvalue weighted by Gasteiger charge is 2.32. The van der Waals surface area contributed by atoms with Crippen molar-refractivity contribution in [2.45, 2.75) is 64.0 Å². The number of H-pyrrole nitrogens is 1. The second-order valence-electron chi connectivity index (χ2n) is 7.80. The monoisotopic (exact) mass is 358 g/mol. The molecule has 0 amide bonds. The van der Waals surface area contributed by atoms with Gasteiger partial charge < -0.3 is 10.1 Å². The minimum absolute atomic E-state index is 0.000775. The van der Waals surface area contributed by atoms with Gasteiger partial charge in [0.25, 0.3) is 0 Å². The van der Waals surface area contributed by atoms with Crippen LogP contribution in [0.3, 0.4) is 0 Å². The summed E-state index contributed by atoms with van der Waals surface area (Å²) < 4.78 is 7.86. The molecule has 1 saturated heterocycles. The Morgan fingerprint density at radius 2 is 2.12 bits per heavy atom. The lowest BCUT2D eigenvalue weighted by Gasteiger charge is -2.21. The van der Waals surface area contributed by atoms with Crippen LogP contribution in [0.15, 0.2) is 6.20 Å². The number of nitrogens with one attached hydrogen (secondary N) is 2. The second kappa shape index (κ2) is 7.88. The van der Waals surface area contributed by atoms with Gasteiger partial charge in [-0.1, -0.05) is 19.3 Å². The summed E-state index contributed by atoms with van der Waals surface area (Å²) in [5, 5.41) is 15.6. The first-order valence-electron chi connectivity index (χ1n) is 9.94. The molecular formula is C19H30N6O. The minimum atomic E-state index is -0.000775. The molecule has 1 aliphatic heterocycles. The Kier molecular flexibility index (Phi) is 5.36. The van der Waals surface area contributed by atoms with Crippen molar-refractivity contribution in [1.82, 2.24) is 30.3 Å². The normalized spacial score (nSPS) is 24.4. The van der Waals surface area contributed by atoms with Gasteiger partial charge in [0.2, 0.25) is 0 Å². The van der Waals surface area contributed by atoms with Crippen LogP contribution >= 0.6 is 0 Å². The van der Waals surface area contributed by atoms with Crippen molar-refractivity contribution in [1.29, 1.82) is 0 Å². The molecule has 2 aromatic heterocycles. The summed E-state index contributed by atoms with van der Waals surface area (Å²) >= 11 is 0. The SMILES string of the molecule is Cc1nc([C@H]2OCC[C@H]2CNCc2cn(C)nc2C2CCCCC2)n[nH]1. The minimum Gasteiger partial charge on any atom is -0.370 e. The average molecular weight is 358 g/mol. The fourth-order valence-electron chi connectivity index (χ4n) is 4.42. The highest BCUT2D eigenvalue weighted by molar-refractivity contribution is 5.21. The van der Waals surface area contributed by atoms with Crippen LogP contribution in [0.1, 0.15) is 73.5 Å². The van der Waals surface area contributed by atoms with Gasteiger partial charge in [-0.15, -0.1) is 0 Å². The molecule has 2 atom stereocenters. The fourth-order valence-corrected chi connectivity index (χ4v) is 4.42. The molecule has 4 rings (SSSR count). The lowest BCUT2D eigenvalue weighted by molar-refractivity contribution is 0.0835. The van der Waals surface area contributed by atoms with Gasteiger partial charge in [-0.25, -0.2) is 4.98 Å². The van der Waals surface area contributed by atoms with E-state index in [1.165, 1.54) is 43.4 Å². The third-order valence-corrected chi connectivity index (χ3v) is 5.73. The molecular weight excluding hydrogens is 328 g/mol. The molecule has 2 aliphatic rings. The Labute approximate surface area is 154 Å². The zero-order chi connectivity index (χ0) is 17.9. The maximum atomic E-state index is 5.89. The number of hydrogen-bond donors (Lipinski definition) is 2. The number of aromatic amines is 1. The Hall–Kier alpha value is -1.73. The first kappa shape index (κ1) is 17.7. The summed E-state index contributed by atoms with van der Waals surface area (Å²) in [5.74, 6) is 2.69. The fraction of sp³-hybridized carbons (Fsp3) is 0.737. The van der Waals surface area contributed by atoms with E-state index in [1.54, 1.807) is 0 Å². The molecule has 1 aliphatic carbocycles. The van der Waals surface area contributed by atoms with Crippen LogP contribution in [0.4, 0.5) is 0 Å². The first-order chi connectivity index (χ1) is 12.7. The van der Waals surface area contributed by atoms with E-state index in [2.05, 4.69) is 26.7 Å². The molecule has 0 spiro atoms. The van der Waals surface area contributed by atoms with Crippen molar-refractivity contribution in [3.05, 3.63) is 29.1 Å². The van der Waals surface area contributed by atoms with Crippen molar-refractivity contribution in [2.24, 2.45) is 13.0 Å². The van der Waals surface area contributed by atoms with Crippen LogP contribution in [0, 0.1) is 12.8 Å². The standard InChI is InChI=1S/C19H30N6O/c1-13-21-19(23-22-13)18-15(8-9-26-18)10-20-11-16-12-25(2)24-17(16)14-6-4-3-5-7-14/h12,14-15,18,20H,3-11H2,1-2H3,(H,21,22,23)/t15-,18-/m0/s1. The van der Waals surface area contributed by atoms with E-state index in [-0.39, 0.29) is 6.10 Å². The van der Waals surface area contributed by atoms with Gasteiger partial charge in [-0.3, -0.25) is 9.78 Å². The highest BCUT2D eigenvalue weighted by Crippen LogP contribution is 2.34. The molecule has 3 heterocycles. The van der Waals surface area contributed by atoms with Crippen LogP contribution < -0.4 is 5.32 Å². The zero-order valence-electron chi connectivity index (χ0n) is 15.9. The maximum absolute atomic E-state index is 5.89. The maximum Gasteiger partial charge on any atom is 0.179 e. The van der Waals surface area contributed by atoms with Crippen LogP contribution in [0.5, 0.6) is 0 Å². The summed E-state index contributed by atoms with van der Waals surface area (Å²) in [6.45, 7) is 4.49. The molecule has 2 N–H and O–H groups in total. The predicted molar refractivity (Wildman–Crippen MR) is 98.7 cm³/mol. The van der Waals surface area contributed by atoms with E-state index >= 15 is 0 Å². The van der Waals surface area contributed by atoms with Crippen LogP contribution in [-0.4, -0.2) is 38.1 Å². The van der Waals surface area contributed by atoms with Crippen molar-refractivity contribution in [3.63, 3.8) is 0 Å². The lowest BCUT2D eigenvalue weighted by atomic mass is 9.85. The molecule has 26 heavy (non-hydrogen) atoms. The smallest absolute Gasteiger partial charge is 0.179 e. The van der Waals surface area contributed by atoms with Gasteiger partial charge >= 0.3 is 0 Å². The van der Waals surface area contributed by atoms with E-state index < -0.39 is 0 Å². The Morgan fingerprint density at radius 1 is 1.27 bits per heavy atom. The number of nitrogens with zero attached hydrogens (tertiary/aromatic N) is 4. The van der Waals surface area contributed by atoms with Crippen LogP contribution in [0.2, 0.25) is 0 Å². The van der Waals surface area contributed by atoms with Gasteiger partial charge in [0.05, 0.1) is 5.69 Å². The number of hydrogen-bond acceptors (Lipinski definition) is 5. The largest absolute Gasteiger partial charge is 0.370 e. The third kappa shape index (κ3) is 3.83. The van der Waals surface area contributed by atoms with E-state index in [0.29, 0.717) is 11.8 Å². The summed E-state index contributed by atoms with van der Waals surface area (Å²) in [7, 11) is 2.03. The molecule has 2 aromatic rings. The molecule has 2 fully saturated rings. The molecule has 0 aromatic carbocycles. The molecule has 142 valence electrons. The van der Waals surface area contributed by atoms with E-state index in [1.807, 2.05) is 18.7 Å². The van der Waals surface area contributed by atoms with Crippen molar-refractivity contribution < 1.29 is 4.74 Å². The number of aromatic nitrogens is 5. The zero-order valence-corrected chi connectivity index (χ0v) is 15.9. The van der Waals surface area contributed by atoms with Crippen molar-refractivity contribution in [2.75, 3.05) is 13.2 Å². The Morgan fingerprint density at radius 3 is 2.88 bits per heavy atom. The predicted octanol–water partition coefficient (Wildman–Crippen LogP) is 2.76. The lowest BCUT2D eigenvalue weighted by Crippen LogP contribution is -2.25. The van der Waals surface area contributed by atoms with E-state index in [9.17, 15) is 0 Å². The van der Waals surface area contributed by atoms with Crippen molar-refractivity contribution >= 4 is 0 Å². The number of ether oxygens (including phenoxy) is 1. The average Bonchev–Trinajstić information content (AvgIpc) is 3.36. The topological polar surface area (TPSA) is 80.7 Å². The summed E-state index contributed by atoms with van der Waals surface area (Å²) in [5.41, 5.74) is 2.66. The number of aryl methyl sites for hydroxylation is 2. The highest BCUT2D eigenvalue weighted by atomic mass is 16.5. The third-order valence-electron chi connectivity index (χ3n) is 5.73. The second-order valence-corrected chi connectivity index (χ2v) is 7.80. The first-order valence-corrected chi connectivity index (χ1v) is 9.94. The van der Waals surface area contributed by atoms with E-state index in [0.717, 1.165) is 37.8 Å². The molecule has 7 heteroatoms. The molecule has 1 saturated carbocycles. The quantitative estimate of drug-likeness (QED) is 0.830. The van der Waals surface area contributed by atoms with Gasteiger partial charge in [-0.2, -0.15) is 10.2 Å². The van der Waals surface area contributed by atoms with Gasteiger partial charge in [-0.05, 0) is 26.2 Å². The Balaban J connectivity index is 1.36. The van der Waals surface area contributed by atoms with Gasteiger partial charge in [0.1, 0.15) is 11.9 Å². The molecule has 7 nitrogen and oxygen atoms in total. The van der Waals surface area contributed by atoms with E-state index in [4.69, 9.17) is 9.84 Å². The molecule has 0 bridgehead atoms. The van der Waals surface area contributed by atoms with Crippen molar-refractivity contribution in [3.8, 4) is 0 Å². The summed E-state index contributed by atoms with van der Waals surface area (Å²) in [6.07, 6.45) is 9.85. The van der Waals surface area contributed by atoms with Crippen LogP contribution in [-0.2, 0) is 18.3 Å². The molecule has 0 radical (unpaired) electrons. The van der Waals surface area contributed by atoms with Crippen LogP contribution in [0.25, 0.3) is 0 Å². The number of rotatable bonds is 6. The molecule has 0 unspecified atom stereocenters. The Bertz CT molecular complexity index is 717. The summed E-state index contributed by atoms with van der Waals surface area (Å²) in [4.78, 5) is 4.46. The van der Waals surface area contributed by atoms with Gasteiger partial charge in [0.15, 0.2) is 5.82 Å².